The van der Waals surface area contributed by atoms with Gasteiger partial charge in [0, 0.05) is 16.8 Å². The van der Waals surface area contributed by atoms with Crippen LogP contribution in [0.15, 0.2) is 47.8 Å². The number of methoxy groups -OCH3 is 1. The maximum atomic E-state index is 13.5. The highest BCUT2D eigenvalue weighted by molar-refractivity contribution is 7.17. The summed E-state index contributed by atoms with van der Waals surface area (Å²) < 4.78 is 20.3. The van der Waals surface area contributed by atoms with Gasteiger partial charge in [-0.25, -0.2) is 4.39 Å². The van der Waals surface area contributed by atoms with E-state index in [2.05, 4.69) is 35.0 Å². The summed E-state index contributed by atoms with van der Waals surface area (Å²) in [7, 11) is 1.65. The van der Waals surface area contributed by atoms with Gasteiger partial charge in [0.25, 0.3) is 0 Å². The minimum absolute atomic E-state index is 0.186. The molecule has 2 nitrogen and oxygen atoms in total. The van der Waals surface area contributed by atoms with Crippen LogP contribution in [0.2, 0.25) is 0 Å². The number of benzene rings is 2. The molecule has 1 fully saturated rings. The second-order valence-electron chi connectivity index (χ2n) is 6.38. The summed E-state index contributed by atoms with van der Waals surface area (Å²) in [6.45, 7) is 1.83. The molecule has 1 heterocycles. The van der Waals surface area contributed by atoms with Crippen LogP contribution >= 0.6 is 11.3 Å². The van der Waals surface area contributed by atoms with Gasteiger partial charge in [-0.05, 0) is 65.4 Å². The monoisotopic (exact) mass is 341 g/mol. The number of fused-ring (bicyclic) bond motifs is 1. The Morgan fingerprint density at radius 1 is 1.25 bits per heavy atom. The first-order chi connectivity index (χ1) is 11.8. The quantitative estimate of drug-likeness (QED) is 0.685. The van der Waals surface area contributed by atoms with Crippen LogP contribution in [0.1, 0.15) is 23.5 Å². The smallest absolute Gasteiger partial charge is 0.123 e. The van der Waals surface area contributed by atoms with Gasteiger partial charge in [-0.1, -0.05) is 18.2 Å². The van der Waals surface area contributed by atoms with Crippen molar-refractivity contribution in [3.8, 4) is 5.75 Å². The Kier molecular flexibility index (Phi) is 4.25. The fraction of sp³-hybridized carbons (Fsp3) is 0.300. The molecule has 0 radical (unpaired) electrons. The highest BCUT2D eigenvalue weighted by Gasteiger charge is 2.39. The summed E-state index contributed by atoms with van der Waals surface area (Å²) in [6.07, 6.45) is 1.09. The molecule has 0 bridgehead atoms. The normalized spacial score (nSPS) is 19.6. The van der Waals surface area contributed by atoms with Crippen LogP contribution in [0.25, 0.3) is 10.1 Å². The number of halogens is 1. The molecule has 0 saturated heterocycles. The van der Waals surface area contributed by atoms with Crippen LogP contribution in [-0.2, 0) is 6.54 Å². The number of hydrogen-bond donors (Lipinski definition) is 1. The Morgan fingerprint density at radius 2 is 2.17 bits per heavy atom. The zero-order valence-corrected chi connectivity index (χ0v) is 14.4. The van der Waals surface area contributed by atoms with Gasteiger partial charge < -0.3 is 10.1 Å². The van der Waals surface area contributed by atoms with Crippen LogP contribution in [0.5, 0.6) is 5.75 Å². The van der Waals surface area contributed by atoms with E-state index in [0.29, 0.717) is 11.8 Å². The first kappa shape index (κ1) is 15.6. The predicted molar refractivity (Wildman–Crippen MR) is 97.3 cm³/mol. The first-order valence-electron chi connectivity index (χ1n) is 8.25. The molecule has 2 aromatic carbocycles. The second kappa shape index (κ2) is 6.54. The molecule has 124 valence electrons. The zero-order chi connectivity index (χ0) is 16.5. The molecule has 1 aliphatic rings. The van der Waals surface area contributed by atoms with E-state index >= 15 is 0 Å². The van der Waals surface area contributed by atoms with E-state index in [1.165, 1.54) is 21.7 Å². The lowest BCUT2D eigenvalue weighted by Gasteiger charge is -2.09. The molecule has 4 rings (SSSR count). The van der Waals surface area contributed by atoms with Crippen molar-refractivity contribution in [2.24, 2.45) is 5.92 Å². The lowest BCUT2D eigenvalue weighted by Crippen LogP contribution is -2.16. The molecule has 1 saturated carbocycles. The summed E-state index contributed by atoms with van der Waals surface area (Å²) in [4.78, 5) is 0. The van der Waals surface area contributed by atoms with Crippen LogP contribution in [-0.4, -0.2) is 13.7 Å². The summed E-state index contributed by atoms with van der Waals surface area (Å²) >= 11 is 1.79. The Morgan fingerprint density at radius 3 is 3.04 bits per heavy atom. The Labute approximate surface area is 145 Å². The van der Waals surface area contributed by atoms with Gasteiger partial charge in [-0.15, -0.1) is 11.3 Å². The number of hydrogen-bond acceptors (Lipinski definition) is 3. The molecule has 0 amide bonds. The van der Waals surface area contributed by atoms with E-state index in [-0.39, 0.29) is 5.82 Å². The summed E-state index contributed by atoms with van der Waals surface area (Å²) in [5.74, 6) is 1.57. The third kappa shape index (κ3) is 3.04. The molecule has 1 aromatic heterocycles. The number of nitrogens with one attached hydrogen (secondary N) is 1. The van der Waals surface area contributed by atoms with Crippen LogP contribution in [0, 0.1) is 11.7 Å². The Bertz CT molecular complexity index is 860. The van der Waals surface area contributed by atoms with Crippen molar-refractivity contribution in [1.82, 2.24) is 5.32 Å². The average Bonchev–Trinajstić information content (AvgIpc) is 3.19. The Balaban J connectivity index is 1.37. The molecular formula is C20H20FNOS. The van der Waals surface area contributed by atoms with E-state index in [1.807, 2.05) is 0 Å². The third-order valence-corrected chi connectivity index (χ3v) is 5.80. The molecule has 2 unspecified atom stereocenters. The number of rotatable bonds is 6. The Hall–Kier alpha value is -1.91. The lowest BCUT2D eigenvalue weighted by molar-refractivity contribution is 0.407. The summed E-state index contributed by atoms with van der Waals surface area (Å²) in [5.41, 5.74) is 2.35. The molecule has 1 N–H and O–H groups in total. The minimum atomic E-state index is -0.186. The fourth-order valence-electron chi connectivity index (χ4n) is 3.44. The SMILES string of the molecule is COc1ccc(F)cc1C1CC1CNCc1cccc2ccsc12. The van der Waals surface area contributed by atoms with Crippen LogP contribution in [0.3, 0.4) is 0 Å². The molecule has 2 atom stereocenters. The van der Waals surface area contributed by atoms with Crippen LogP contribution < -0.4 is 10.1 Å². The summed E-state index contributed by atoms with van der Waals surface area (Å²) in [5, 5.41) is 7.02. The third-order valence-electron chi connectivity index (χ3n) is 4.80. The number of ether oxygens (including phenoxy) is 1. The highest BCUT2D eigenvalue weighted by Crippen LogP contribution is 2.50. The first-order valence-corrected chi connectivity index (χ1v) is 9.13. The van der Waals surface area contributed by atoms with Gasteiger partial charge >= 0.3 is 0 Å². The maximum Gasteiger partial charge on any atom is 0.123 e. The van der Waals surface area contributed by atoms with Gasteiger partial charge in [0.2, 0.25) is 0 Å². The van der Waals surface area contributed by atoms with Crippen molar-refractivity contribution < 1.29 is 9.13 Å². The van der Waals surface area contributed by atoms with E-state index in [9.17, 15) is 4.39 Å². The van der Waals surface area contributed by atoms with E-state index in [1.54, 1.807) is 30.6 Å². The van der Waals surface area contributed by atoms with Gasteiger partial charge in [0.05, 0.1) is 7.11 Å². The number of thiophene rings is 1. The van der Waals surface area contributed by atoms with Crippen molar-refractivity contribution in [3.63, 3.8) is 0 Å². The summed E-state index contributed by atoms with van der Waals surface area (Å²) in [6, 6.07) is 13.4. The molecule has 24 heavy (non-hydrogen) atoms. The van der Waals surface area contributed by atoms with Crippen molar-refractivity contribution in [2.45, 2.75) is 18.9 Å². The largest absolute Gasteiger partial charge is 0.496 e. The zero-order valence-electron chi connectivity index (χ0n) is 13.6. The fourth-order valence-corrected chi connectivity index (χ4v) is 4.35. The standard InChI is InChI=1S/C20H20FNOS/c1-23-19-6-5-16(21)10-18(19)17-9-15(17)12-22-11-14-4-2-3-13-7-8-24-20(13)14/h2-8,10,15,17,22H,9,11-12H2,1H3. The van der Waals surface area contributed by atoms with E-state index in [0.717, 1.165) is 30.8 Å². The molecule has 0 aliphatic heterocycles. The maximum absolute atomic E-state index is 13.5. The molecule has 1 aliphatic carbocycles. The van der Waals surface area contributed by atoms with Crippen molar-refractivity contribution in [1.29, 1.82) is 0 Å². The second-order valence-corrected chi connectivity index (χ2v) is 7.29. The highest BCUT2D eigenvalue weighted by atomic mass is 32.1. The molecule has 3 aromatic rings. The molecular weight excluding hydrogens is 321 g/mol. The average molecular weight is 341 g/mol. The van der Waals surface area contributed by atoms with Crippen molar-refractivity contribution in [2.75, 3.05) is 13.7 Å². The van der Waals surface area contributed by atoms with Gasteiger partial charge in [-0.2, -0.15) is 0 Å². The molecule has 4 heteroatoms. The van der Waals surface area contributed by atoms with E-state index < -0.39 is 0 Å². The molecule has 0 spiro atoms. The van der Waals surface area contributed by atoms with Gasteiger partial charge in [-0.3, -0.25) is 0 Å². The lowest BCUT2D eigenvalue weighted by atomic mass is 10.1. The van der Waals surface area contributed by atoms with Crippen molar-refractivity contribution >= 4 is 21.4 Å². The van der Waals surface area contributed by atoms with Gasteiger partial charge in [0.1, 0.15) is 11.6 Å². The minimum Gasteiger partial charge on any atom is -0.496 e. The van der Waals surface area contributed by atoms with Crippen LogP contribution in [0.4, 0.5) is 4.39 Å². The van der Waals surface area contributed by atoms with E-state index in [4.69, 9.17) is 4.74 Å². The van der Waals surface area contributed by atoms with Gasteiger partial charge in [0.15, 0.2) is 0 Å². The predicted octanol–water partition coefficient (Wildman–Crippen LogP) is 4.94. The topological polar surface area (TPSA) is 21.3 Å². The van der Waals surface area contributed by atoms with Crippen molar-refractivity contribution in [3.05, 3.63) is 64.8 Å².